The highest BCUT2D eigenvalue weighted by atomic mass is 16.7. The van der Waals surface area contributed by atoms with E-state index in [1.165, 1.54) is 12.1 Å². The van der Waals surface area contributed by atoms with Crippen molar-refractivity contribution in [3.63, 3.8) is 0 Å². The maximum Gasteiger partial charge on any atom is 0.408 e. The van der Waals surface area contributed by atoms with Gasteiger partial charge in [0.1, 0.15) is 11.6 Å². The molecule has 3 aromatic rings. The van der Waals surface area contributed by atoms with Gasteiger partial charge in [-0.15, -0.1) is 5.06 Å². The second-order valence-electron chi connectivity index (χ2n) is 9.91. The van der Waals surface area contributed by atoms with Crippen LogP contribution in [0.15, 0.2) is 84.9 Å². The zero-order valence-corrected chi connectivity index (χ0v) is 22.0. The van der Waals surface area contributed by atoms with Crippen molar-refractivity contribution in [1.82, 2.24) is 10.4 Å². The standard InChI is InChI=1S/C30H30N2O7/c1-30(2,3)39-29(36)31-24(18-19-37-32-26(33)22-16-10-11-17-23(22)27(32)34)28(35)38-25(20-12-6-4-7-13-20)21-14-8-5-9-15-21/h4-17,24-25H,18-19H2,1-3H3,(H,31,36)/t24-/m0/s1. The number of carbonyl (C=O) groups excluding carboxylic acids is 4. The molecule has 0 fully saturated rings. The predicted molar refractivity (Wildman–Crippen MR) is 141 cm³/mol. The number of nitrogens with zero attached hydrogens (tertiary/aromatic N) is 1. The molecule has 4 rings (SSSR count). The van der Waals surface area contributed by atoms with E-state index < -0.39 is 41.6 Å². The van der Waals surface area contributed by atoms with E-state index in [1.54, 1.807) is 32.9 Å². The molecule has 0 saturated carbocycles. The lowest BCUT2D eigenvalue weighted by molar-refractivity contribution is -0.151. The summed E-state index contributed by atoms with van der Waals surface area (Å²) in [6, 6.07) is 23.6. The van der Waals surface area contributed by atoms with Crippen molar-refractivity contribution < 1.29 is 33.5 Å². The van der Waals surface area contributed by atoms with Gasteiger partial charge < -0.3 is 14.8 Å². The molecular weight excluding hydrogens is 500 g/mol. The predicted octanol–water partition coefficient (Wildman–Crippen LogP) is 4.83. The maximum atomic E-state index is 13.4. The van der Waals surface area contributed by atoms with Gasteiger partial charge in [0, 0.05) is 6.42 Å². The average molecular weight is 531 g/mol. The van der Waals surface area contributed by atoms with E-state index in [9.17, 15) is 19.2 Å². The van der Waals surface area contributed by atoms with Crippen LogP contribution in [-0.2, 0) is 19.1 Å². The smallest absolute Gasteiger partial charge is 0.408 e. The van der Waals surface area contributed by atoms with Crippen LogP contribution in [0.4, 0.5) is 4.79 Å². The van der Waals surface area contributed by atoms with Crippen LogP contribution in [0.1, 0.15) is 65.1 Å². The third kappa shape index (κ3) is 6.88. The van der Waals surface area contributed by atoms with Crippen LogP contribution in [0.5, 0.6) is 0 Å². The number of hydrogen-bond acceptors (Lipinski definition) is 7. The number of nitrogens with one attached hydrogen (secondary N) is 1. The number of hydroxylamine groups is 2. The quantitative estimate of drug-likeness (QED) is 0.312. The van der Waals surface area contributed by atoms with Crippen LogP contribution >= 0.6 is 0 Å². The Kier molecular flexibility index (Phi) is 8.41. The Balaban J connectivity index is 1.50. The van der Waals surface area contributed by atoms with E-state index in [1.807, 2.05) is 60.7 Å². The topological polar surface area (TPSA) is 111 Å². The minimum Gasteiger partial charge on any atom is -0.451 e. The first-order valence-electron chi connectivity index (χ1n) is 12.5. The molecule has 1 aliphatic heterocycles. The molecule has 202 valence electrons. The van der Waals surface area contributed by atoms with Gasteiger partial charge in [-0.2, -0.15) is 0 Å². The molecule has 9 nitrogen and oxygen atoms in total. The molecule has 3 amide bonds. The van der Waals surface area contributed by atoms with Crippen molar-refractivity contribution in [2.45, 2.75) is 44.9 Å². The summed E-state index contributed by atoms with van der Waals surface area (Å²) in [4.78, 5) is 56.7. The van der Waals surface area contributed by atoms with Gasteiger partial charge in [-0.05, 0) is 44.0 Å². The number of esters is 1. The van der Waals surface area contributed by atoms with Crippen molar-refractivity contribution in [3.05, 3.63) is 107 Å². The fraction of sp³-hybridized carbons (Fsp3) is 0.267. The number of amides is 3. The normalized spacial score (nSPS) is 13.7. The molecule has 0 aliphatic carbocycles. The largest absolute Gasteiger partial charge is 0.451 e. The van der Waals surface area contributed by atoms with Gasteiger partial charge in [-0.1, -0.05) is 72.8 Å². The summed E-state index contributed by atoms with van der Waals surface area (Å²) in [6.45, 7) is 4.87. The van der Waals surface area contributed by atoms with Gasteiger partial charge in [0.05, 0.1) is 17.7 Å². The lowest BCUT2D eigenvalue weighted by Crippen LogP contribution is -2.45. The molecular formula is C30H30N2O7. The van der Waals surface area contributed by atoms with Crippen LogP contribution in [0.25, 0.3) is 0 Å². The second kappa shape index (κ2) is 11.9. The molecule has 1 heterocycles. The molecule has 0 radical (unpaired) electrons. The van der Waals surface area contributed by atoms with Crippen LogP contribution < -0.4 is 5.32 Å². The molecule has 0 saturated heterocycles. The molecule has 1 N–H and O–H groups in total. The summed E-state index contributed by atoms with van der Waals surface area (Å²) >= 11 is 0. The van der Waals surface area contributed by atoms with Crippen molar-refractivity contribution in [2.75, 3.05) is 6.61 Å². The highest BCUT2D eigenvalue weighted by molar-refractivity contribution is 6.20. The Morgan fingerprint density at radius 1 is 0.795 bits per heavy atom. The number of carbonyl (C=O) groups is 4. The first-order chi connectivity index (χ1) is 18.6. The summed E-state index contributed by atoms with van der Waals surface area (Å²) in [5, 5.41) is 3.21. The maximum absolute atomic E-state index is 13.4. The van der Waals surface area contributed by atoms with Crippen molar-refractivity contribution >= 4 is 23.9 Å². The molecule has 39 heavy (non-hydrogen) atoms. The Hall–Kier alpha value is -4.50. The first-order valence-corrected chi connectivity index (χ1v) is 12.5. The molecule has 0 bridgehead atoms. The van der Waals surface area contributed by atoms with E-state index in [0.717, 1.165) is 11.1 Å². The summed E-state index contributed by atoms with van der Waals surface area (Å²) in [5.41, 5.74) is 1.16. The SMILES string of the molecule is CC(C)(C)OC(=O)N[C@@H](CCON1C(=O)c2ccccc2C1=O)C(=O)OC(c1ccccc1)c1ccccc1. The summed E-state index contributed by atoms with van der Waals surface area (Å²) in [6.07, 6.45) is -1.65. The highest BCUT2D eigenvalue weighted by Gasteiger charge is 2.37. The molecule has 0 aromatic heterocycles. The number of rotatable bonds is 9. The Morgan fingerprint density at radius 2 is 1.28 bits per heavy atom. The van der Waals surface area contributed by atoms with Crippen molar-refractivity contribution in [1.29, 1.82) is 0 Å². The zero-order chi connectivity index (χ0) is 28.0. The zero-order valence-electron chi connectivity index (χ0n) is 22.0. The molecule has 1 aliphatic rings. The van der Waals surface area contributed by atoms with E-state index in [4.69, 9.17) is 14.3 Å². The number of hydrogen-bond donors (Lipinski definition) is 1. The number of benzene rings is 3. The number of ether oxygens (including phenoxy) is 2. The highest BCUT2D eigenvalue weighted by Crippen LogP contribution is 2.27. The monoisotopic (exact) mass is 530 g/mol. The molecule has 0 unspecified atom stereocenters. The Morgan fingerprint density at radius 3 is 1.77 bits per heavy atom. The lowest BCUT2D eigenvalue weighted by Gasteiger charge is -2.25. The van der Waals surface area contributed by atoms with Crippen molar-refractivity contribution in [2.24, 2.45) is 0 Å². The Labute approximate surface area is 226 Å². The number of imide groups is 1. The molecule has 3 aromatic carbocycles. The van der Waals surface area contributed by atoms with Crippen LogP contribution in [0.2, 0.25) is 0 Å². The Bertz CT molecular complexity index is 1260. The fourth-order valence-electron chi connectivity index (χ4n) is 4.03. The van der Waals surface area contributed by atoms with Gasteiger partial charge >= 0.3 is 12.1 Å². The van der Waals surface area contributed by atoms with Crippen LogP contribution in [0.3, 0.4) is 0 Å². The summed E-state index contributed by atoms with van der Waals surface area (Å²) < 4.78 is 11.3. The van der Waals surface area contributed by atoms with Crippen LogP contribution in [0, 0.1) is 0 Å². The van der Waals surface area contributed by atoms with E-state index in [0.29, 0.717) is 5.06 Å². The van der Waals surface area contributed by atoms with Gasteiger partial charge in [0.15, 0.2) is 6.10 Å². The van der Waals surface area contributed by atoms with E-state index >= 15 is 0 Å². The summed E-state index contributed by atoms with van der Waals surface area (Å²) in [7, 11) is 0. The first kappa shape index (κ1) is 27.5. The van der Waals surface area contributed by atoms with Gasteiger partial charge in [-0.3, -0.25) is 14.4 Å². The number of fused-ring (bicyclic) bond motifs is 1. The van der Waals surface area contributed by atoms with E-state index in [-0.39, 0.29) is 24.2 Å². The summed E-state index contributed by atoms with van der Waals surface area (Å²) in [5.74, 6) is -1.92. The minimum absolute atomic E-state index is 0.0955. The van der Waals surface area contributed by atoms with E-state index in [2.05, 4.69) is 5.32 Å². The lowest BCUT2D eigenvalue weighted by atomic mass is 10.0. The third-order valence-corrected chi connectivity index (χ3v) is 5.80. The molecule has 9 heteroatoms. The molecule has 1 atom stereocenters. The van der Waals surface area contributed by atoms with Crippen LogP contribution in [-0.4, -0.2) is 47.2 Å². The van der Waals surface area contributed by atoms with Gasteiger partial charge in [0.25, 0.3) is 11.8 Å². The van der Waals surface area contributed by atoms with Gasteiger partial charge in [0.2, 0.25) is 0 Å². The fourth-order valence-corrected chi connectivity index (χ4v) is 4.03. The average Bonchev–Trinajstić information content (AvgIpc) is 3.16. The number of alkyl carbamates (subject to hydrolysis) is 1. The van der Waals surface area contributed by atoms with Gasteiger partial charge in [-0.25, -0.2) is 9.59 Å². The second-order valence-corrected chi connectivity index (χ2v) is 9.91. The minimum atomic E-state index is -1.19. The third-order valence-electron chi connectivity index (χ3n) is 5.80. The van der Waals surface area contributed by atoms with Crippen molar-refractivity contribution in [3.8, 4) is 0 Å². The molecule has 0 spiro atoms.